The van der Waals surface area contributed by atoms with E-state index >= 15 is 0 Å². The fraction of sp³-hybridized carbons (Fsp3) is 0.314. The Hall–Kier alpha value is -4.23. The van der Waals surface area contributed by atoms with E-state index in [-0.39, 0.29) is 18.5 Å². The highest BCUT2D eigenvalue weighted by molar-refractivity contribution is 6.30. The summed E-state index contributed by atoms with van der Waals surface area (Å²) in [5.41, 5.74) is 5.67. The number of carbonyl (C=O) groups is 2. The van der Waals surface area contributed by atoms with Crippen molar-refractivity contribution in [2.45, 2.75) is 51.5 Å². The minimum atomic E-state index is -1.05. The minimum absolute atomic E-state index is 0.115. The van der Waals surface area contributed by atoms with Crippen molar-refractivity contribution in [1.29, 1.82) is 0 Å². The average molecular weight is 597 g/mol. The van der Waals surface area contributed by atoms with Gasteiger partial charge in [0.15, 0.2) is 0 Å². The third kappa shape index (κ3) is 7.79. The summed E-state index contributed by atoms with van der Waals surface area (Å²) in [6, 6.07) is 26.2. The standard InChI is InChI=1S/C35H37ClN4O3/c1-25-9-5-6-13-27(25)17-20-31-30(34(43)39(24-33(41)42)21-7-12-26-10-3-2-4-11-26)23-37-35(38-31)40-22-8-14-32(40)28-15-18-29(36)19-16-28/h2-6,9-11,13,15-16,18-19,23,32H,7-8,12,14,17,20-22,24H2,1H3,(H,41,42). The Labute approximate surface area is 258 Å². The number of aromatic nitrogens is 2. The molecule has 1 amide bonds. The van der Waals surface area contributed by atoms with Gasteiger partial charge in [0.25, 0.3) is 5.91 Å². The zero-order valence-electron chi connectivity index (χ0n) is 24.5. The fourth-order valence-corrected chi connectivity index (χ4v) is 5.93. The summed E-state index contributed by atoms with van der Waals surface area (Å²) in [5.74, 6) is -0.810. The maximum atomic E-state index is 13.9. The highest BCUT2D eigenvalue weighted by Crippen LogP contribution is 2.35. The van der Waals surface area contributed by atoms with E-state index in [2.05, 4.69) is 24.0 Å². The minimum Gasteiger partial charge on any atom is -0.480 e. The lowest BCUT2D eigenvalue weighted by Gasteiger charge is -2.27. The molecule has 43 heavy (non-hydrogen) atoms. The lowest BCUT2D eigenvalue weighted by atomic mass is 10.0. The third-order valence-corrected chi connectivity index (χ3v) is 8.34. The van der Waals surface area contributed by atoms with Crippen molar-refractivity contribution in [3.8, 4) is 0 Å². The van der Waals surface area contributed by atoms with Gasteiger partial charge in [-0.05, 0) is 79.8 Å². The van der Waals surface area contributed by atoms with E-state index in [1.54, 1.807) is 6.20 Å². The number of benzene rings is 3. The van der Waals surface area contributed by atoms with Crippen LogP contribution in [0.2, 0.25) is 5.02 Å². The average Bonchev–Trinajstić information content (AvgIpc) is 3.50. The molecule has 1 atom stereocenters. The highest BCUT2D eigenvalue weighted by Gasteiger charge is 2.30. The quantitative estimate of drug-likeness (QED) is 0.195. The molecule has 0 saturated carbocycles. The Bertz CT molecular complexity index is 1540. The maximum Gasteiger partial charge on any atom is 0.323 e. The molecule has 1 fully saturated rings. The summed E-state index contributed by atoms with van der Waals surface area (Å²) >= 11 is 6.14. The molecule has 1 N–H and O–H groups in total. The number of nitrogens with zero attached hydrogens (tertiary/aromatic N) is 4. The summed E-state index contributed by atoms with van der Waals surface area (Å²) < 4.78 is 0. The number of aliphatic carboxylic acids is 1. The van der Waals surface area contributed by atoms with Crippen LogP contribution in [-0.2, 0) is 24.1 Å². The molecule has 0 radical (unpaired) electrons. The van der Waals surface area contributed by atoms with Gasteiger partial charge in [0.1, 0.15) is 6.54 Å². The van der Waals surface area contributed by atoms with Gasteiger partial charge in [0, 0.05) is 24.3 Å². The van der Waals surface area contributed by atoms with Crippen LogP contribution >= 0.6 is 11.6 Å². The van der Waals surface area contributed by atoms with Crippen LogP contribution in [0, 0.1) is 6.92 Å². The van der Waals surface area contributed by atoms with E-state index in [0.29, 0.717) is 48.0 Å². The van der Waals surface area contributed by atoms with Crippen LogP contribution < -0.4 is 4.90 Å². The first kappa shape index (κ1) is 30.2. The molecule has 1 aliphatic heterocycles. The molecular weight excluding hydrogens is 560 g/mol. The molecule has 1 aromatic heterocycles. The van der Waals surface area contributed by atoms with Crippen molar-refractivity contribution in [2.75, 3.05) is 24.5 Å². The van der Waals surface area contributed by atoms with Crippen LogP contribution in [0.5, 0.6) is 0 Å². The van der Waals surface area contributed by atoms with Gasteiger partial charge in [-0.3, -0.25) is 9.59 Å². The molecule has 1 saturated heterocycles. The SMILES string of the molecule is Cc1ccccc1CCc1nc(N2CCCC2c2ccc(Cl)cc2)ncc1C(=O)N(CCCc1ccccc1)CC(=O)O. The Morgan fingerprint density at radius 3 is 2.47 bits per heavy atom. The van der Waals surface area contributed by atoms with Gasteiger partial charge in [-0.25, -0.2) is 9.97 Å². The van der Waals surface area contributed by atoms with E-state index in [1.165, 1.54) is 16.0 Å². The Kier molecular flexibility index (Phi) is 10.1. The predicted octanol–water partition coefficient (Wildman–Crippen LogP) is 6.72. The Morgan fingerprint density at radius 2 is 1.72 bits per heavy atom. The van der Waals surface area contributed by atoms with Crippen molar-refractivity contribution in [3.63, 3.8) is 0 Å². The molecule has 8 heteroatoms. The van der Waals surface area contributed by atoms with Crippen LogP contribution in [0.3, 0.4) is 0 Å². The van der Waals surface area contributed by atoms with Gasteiger partial charge >= 0.3 is 5.97 Å². The topological polar surface area (TPSA) is 86.6 Å². The van der Waals surface area contributed by atoms with Crippen LogP contribution in [0.25, 0.3) is 0 Å². The molecule has 2 heterocycles. The van der Waals surface area contributed by atoms with Gasteiger partial charge in [-0.1, -0.05) is 78.3 Å². The molecule has 0 bridgehead atoms. The first-order valence-corrected chi connectivity index (χ1v) is 15.2. The largest absolute Gasteiger partial charge is 0.480 e. The molecule has 222 valence electrons. The number of amides is 1. The summed E-state index contributed by atoms with van der Waals surface area (Å²) in [6.45, 7) is 2.83. The number of hydrogen-bond donors (Lipinski definition) is 1. The van der Waals surface area contributed by atoms with E-state index < -0.39 is 5.97 Å². The van der Waals surface area contributed by atoms with E-state index in [4.69, 9.17) is 21.6 Å². The molecule has 4 aromatic rings. The Morgan fingerprint density at radius 1 is 0.977 bits per heavy atom. The number of halogens is 1. The molecule has 1 aliphatic rings. The molecular formula is C35H37ClN4O3. The summed E-state index contributed by atoms with van der Waals surface area (Å²) in [6.07, 6.45) is 6.21. The zero-order valence-corrected chi connectivity index (χ0v) is 25.2. The third-order valence-electron chi connectivity index (χ3n) is 8.09. The van der Waals surface area contributed by atoms with Crippen molar-refractivity contribution < 1.29 is 14.7 Å². The number of aryl methyl sites for hydroxylation is 4. The normalized spacial score (nSPS) is 14.6. The fourth-order valence-electron chi connectivity index (χ4n) is 5.80. The second-order valence-electron chi connectivity index (χ2n) is 11.1. The smallest absolute Gasteiger partial charge is 0.323 e. The van der Waals surface area contributed by atoms with Crippen molar-refractivity contribution in [3.05, 3.63) is 124 Å². The van der Waals surface area contributed by atoms with Crippen molar-refractivity contribution in [1.82, 2.24) is 14.9 Å². The monoisotopic (exact) mass is 596 g/mol. The number of carboxylic acids is 1. The number of anilines is 1. The number of rotatable bonds is 12. The molecule has 3 aromatic carbocycles. The van der Waals surface area contributed by atoms with Crippen LogP contribution in [0.15, 0.2) is 85.1 Å². The predicted molar refractivity (Wildman–Crippen MR) is 170 cm³/mol. The lowest BCUT2D eigenvalue weighted by Crippen LogP contribution is -2.37. The van der Waals surface area contributed by atoms with Gasteiger partial charge in [0.05, 0.1) is 17.3 Å². The number of carbonyl (C=O) groups excluding carboxylic acids is 1. The summed E-state index contributed by atoms with van der Waals surface area (Å²) in [4.78, 5) is 39.0. The van der Waals surface area contributed by atoms with Gasteiger partial charge < -0.3 is 14.9 Å². The number of carboxylic acid groups (broad SMARTS) is 1. The van der Waals surface area contributed by atoms with Crippen LogP contribution in [0.4, 0.5) is 5.95 Å². The molecule has 5 rings (SSSR count). The second kappa shape index (κ2) is 14.3. The molecule has 1 unspecified atom stereocenters. The molecule has 0 aliphatic carbocycles. The van der Waals surface area contributed by atoms with Crippen LogP contribution in [0.1, 0.15) is 63.6 Å². The van der Waals surface area contributed by atoms with E-state index in [9.17, 15) is 14.7 Å². The Balaban J connectivity index is 1.43. The second-order valence-corrected chi connectivity index (χ2v) is 11.5. The highest BCUT2D eigenvalue weighted by atomic mass is 35.5. The van der Waals surface area contributed by atoms with Gasteiger partial charge in [-0.2, -0.15) is 0 Å². The van der Waals surface area contributed by atoms with Crippen molar-refractivity contribution >= 4 is 29.4 Å². The molecule has 0 spiro atoms. The lowest BCUT2D eigenvalue weighted by molar-refractivity contribution is -0.137. The van der Waals surface area contributed by atoms with E-state index in [1.807, 2.05) is 66.7 Å². The van der Waals surface area contributed by atoms with E-state index in [0.717, 1.165) is 36.9 Å². The first-order chi connectivity index (χ1) is 20.9. The first-order valence-electron chi connectivity index (χ1n) is 14.9. The summed E-state index contributed by atoms with van der Waals surface area (Å²) in [7, 11) is 0. The van der Waals surface area contributed by atoms with Gasteiger partial charge in [-0.15, -0.1) is 0 Å². The van der Waals surface area contributed by atoms with Crippen LogP contribution in [-0.4, -0.2) is 51.5 Å². The molecule has 7 nitrogen and oxygen atoms in total. The maximum absolute atomic E-state index is 13.9. The zero-order chi connectivity index (χ0) is 30.2. The van der Waals surface area contributed by atoms with Crippen molar-refractivity contribution in [2.24, 2.45) is 0 Å². The summed E-state index contributed by atoms with van der Waals surface area (Å²) in [5, 5.41) is 10.3. The van der Waals surface area contributed by atoms with Gasteiger partial charge in [0.2, 0.25) is 5.95 Å². The number of hydrogen-bond acceptors (Lipinski definition) is 5.